The first-order valence-electron chi connectivity index (χ1n) is 5.78. The Hall–Kier alpha value is -1.55. The summed E-state index contributed by atoms with van der Waals surface area (Å²) in [7, 11) is -1.24. The summed E-state index contributed by atoms with van der Waals surface area (Å²) in [4.78, 5) is 4.28. The van der Waals surface area contributed by atoms with E-state index in [0.717, 1.165) is 16.5 Å². The molecule has 2 rings (SSSR count). The molecule has 3 nitrogen and oxygen atoms in total. The number of nitrogens with zero attached hydrogens (tertiary/aromatic N) is 2. The van der Waals surface area contributed by atoms with E-state index in [9.17, 15) is 4.21 Å². The lowest BCUT2D eigenvalue weighted by Crippen LogP contribution is -2.19. The van der Waals surface area contributed by atoms with Gasteiger partial charge in [0.25, 0.3) is 0 Å². The normalized spacial score (nSPS) is 14.2. The van der Waals surface area contributed by atoms with Gasteiger partial charge in [0.2, 0.25) is 0 Å². The first-order valence-corrected chi connectivity index (χ1v) is 6.88. The van der Waals surface area contributed by atoms with Crippen LogP contribution >= 0.6 is 0 Å². The molecule has 4 heteroatoms. The van der Waals surface area contributed by atoms with Crippen molar-refractivity contribution in [2.24, 2.45) is 4.40 Å². The van der Waals surface area contributed by atoms with Crippen molar-refractivity contribution in [2.75, 3.05) is 0 Å². The molecule has 18 heavy (non-hydrogen) atoms. The van der Waals surface area contributed by atoms with E-state index in [1.54, 1.807) is 12.4 Å². The summed E-state index contributed by atoms with van der Waals surface area (Å²) in [6, 6.07) is 9.94. The van der Waals surface area contributed by atoms with Crippen LogP contribution < -0.4 is 0 Å². The molecule has 0 amide bonds. The zero-order valence-corrected chi connectivity index (χ0v) is 11.6. The summed E-state index contributed by atoms with van der Waals surface area (Å²) in [6.07, 6.45) is 3.38. The lowest BCUT2D eigenvalue weighted by Gasteiger charge is -2.12. The fourth-order valence-corrected chi connectivity index (χ4v) is 1.95. The molecule has 0 aliphatic heterocycles. The molecule has 0 radical (unpaired) electrons. The van der Waals surface area contributed by atoms with Crippen molar-refractivity contribution in [2.45, 2.75) is 25.5 Å². The van der Waals surface area contributed by atoms with Crippen LogP contribution in [-0.4, -0.2) is 20.2 Å². The maximum atomic E-state index is 11.8. The molecular weight excluding hydrogens is 244 g/mol. The number of aromatic nitrogens is 1. The monoisotopic (exact) mass is 260 g/mol. The predicted octanol–water partition coefficient (Wildman–Crippen LogP) is 3.12. The Kier molecular flexibility index (Phi) is 3.57. The van der Waals surface area contributed by atoms with E-state index in [1.807, 2.05) is 51.1 Å². The SMILES string of the molecule is CC(C)(C)S(=O)N=Cc1cc2ccccc2cn1. The Morgan fingerprint density at radius 2 is 1.89 bits per heavy atom. The van der Waals surface area contributed by atoms with E-state index in [2.05, 4.69) is 9.38 Å². The summed E-state index contributed by atoms with van der Waals surface area (Å²) in [5.41, 5.74) is 0.728. The van der Waals surface area contributed by atoms with Gasteiger partial charge in [-0.25, -0.2) is 4.21 Å². The summed E-state index contributed by atoms with van der Waals surface area (Å²) in [6.45, 7) is 5.69. The van der Waals surface area contributed by atoms with Crippen LogP contribution in [0.2, 0.25) is 0 Å². The van der Waals surface area contributed by atoms with Crippen LogP contribution in [0, 0.1) is 0 Å². The highest BCUT2D eigenvalue weighted by atomic mass is 32.2. The van der Waals surface area contributed by atoms with E-state index in [-0.39, 0.29) is 4.75 Å². The van der Waals surface area contributed by atoms with Crippen molar-refractivity contribution in [1.29, 1.82) is 0 Å². The van der Waals surface area contributed by atoms with Crippen LogP contribution in [0.5, 0.6) is 0 Å². The van der Waals surface area contributed by atoms with Gasteiger partial charge in [-0.2, -0.15) is 4.40 Å². The molecule has 0 aliphatic rings. The van der Waals surface area contributed by atoms with Gasteiger partial charge in [-0.1, -0.05) is 24.3 Å². The van der Waals surface area contributed by atoms with Gasteiger partial charge in [0.15, 0.2) is 0 Å². The van der Waals surface area contributed by atoms with E-state index in [1.165, 1.54) is 0 Å². The van der Waals surface area contributed by atoms with Crippen molar-refractivity contribution < 1.29 is 4.21 Å². The average molecular weight is 260 g/mol. The molecule has 1 aromatic carbocycles. The van der Waals surface area contributed by atoms with Crippen LogP contribution in [-0.2, 0) is 11.0 Å². The molecule has 1 aromatic heterocycles. The van der Waals surface area contributed by atoms with Gasteiger partial charge in [-0.15, -0.1) is 0 Å². The minimum absolute atomic E-state index is 0.340. The Morgan fingerprint density at radius 3 is 2.56 bits per heavy atom. The third-order valence-electron chi connectivity index (χ3n) is 2.46. The standard InChI is InChI=1S/C14H16N2OS/c1-14(2,3)18(17)16-10-13-8-11-6-4-5-7-12(11)9-15-13/h4-10H,1-3H3. The minimum atomic E-state index is -1.24. The molecule has 1 atom stereocenters. The second kappa shape index (κ2) is 4.98. The molecule has 1 heterocycles. The van der Waals surface area contributed by atoms with Gasteiger partial charge >= 0.3 is 0 Å². The van der Waals surface area contributed by atoms with Crippen LogP contribution in [0.3, 0.4) is 0 Å². The maximum Gasteiger partial charge on any atom is 0.144 e. The third-order valence-corrected chi connectivity index (χ3v) is 3.80. The Morgan fingerprint density at radius 1 is 1.22 bits per heavy atom. The van der Waals surface area contributed by atoms with E-state index in [0.29, 0.717) is 0 Å². The summed E-state index contributed by atoms with van der Waals surface area (Å²) in [5.74, 6) is 0. The molecule has 0 fully saturated rings. The molecule has 0 spiro atoms. The van der Waals surface area contributed by atoms with Crippen molar-refractivity contribution >= 4 is 28.0 Å². The molecule has 94 valence electrons. The van der Waals surface area contributed by atoms with Crippen LogP contribution in [0.1, 0.15) is 26.5 Å². The van der Waals surface area contributed by atoms with E-state index >= 15 is 0 Å². The van der Waals surface area contributed by atoms with E-state index < -0.39 is 11.0 Å². The zero-order valence-electron chi connectivity index (χ0n) is 10.8. The molecule has 0 N–H and O–H groups in total. The van der Waals surface area contributed by atoms with Gasteiger partial charge in [0, 0.05) is 11.6 Å². The Bertz CT molecular complexity index is 614. The number of rotatable bonds is 2. The first kappa shape index (κ1) is 12.9. The maximum absolute atomic E-state index is 11.8. The largest absolute Gasteiger partial charge is 0.255 e. The Balaban J connectivity index is 2.27. The number of fused-ring (bicyclic) bond motifs is 1. The van der Waals surface area contributed by atoms with Crippen LogP contribution in [0.15, 0.2) is 40.9 Å². The molecule has 0 saturated carbocycles. The Labute approximate surface area is 110 Å². The quantitative estimate of drug-likeness (QED) is 0.779. The summed E-state index contributed by atoms with van der Waals surface area (Å²) >= 11 is 0. The van der Waals surface area contributed by atoms with Crippen LogP contribution in [0.4, 0.5) is 0 Å². The molecule has 0 aliphatic carbocycles. The lowest BCUT2D eigenvalue weighted by atomic mass is 10.1. The molecule has 2 aromatic rings. The first-order chi connectivity index (χ1) is 8.47. The number of benzene rings is 1. The highest BCUT2D eigenvalue weighted by Crippen LogP contribution is 2.14. The number of pyridine rings is 1. The van der Waals surface area contributed by atoms with Crippen molar-refractivity contribution in [1.82, 2.24) is 4.98 Å². The highest BCUT2D eigenvalue weighted by Gasteiger charge is 2.18. The fraction of sp³-hybridized carbons (Fsp3) is 0.286. The predicted molar refractivity (Wildman–Crippen MR) is 77.2 cm³/mol. The second-order valence-electron chi connectivity index (χ2n) is 5.05. The molecule has 0 saturated heterocycles. The molecular formula is C14H16N2OS. The van der Waals surface area contributed by atoms with Crippen molar-refractivity contribution in [3.63, 3.8) is 0 Å². The molecule has 1 unspecified atom stereocenters. The minimum Gasteiger partial charge on any atom is -0.255 e. The topological polar surface area (TPSA) is 42.3 Å². The van der Waals surface area contributed by atoms with Gasteiger partial charge in [-0.3, -0.25) is 4.98 Å². The van der Waals surface area contributed by atoms with E-state index in [4.69, 9.17) is 0 Å². The number of hydrogen-bond acceptors (Lipinski definition) is 2. The average Bonchev–Trinajstić information content (AvgIpc) is 2.34. The fourth-order valence-electron chi connectivity index (χ4n) is 1.43. The lowest BCUT2D eigenvalue weighted by molar-refractivity contribution is 0.651. The van der Waals surface area contributed by atoms with Gasteiger partial charge in [0.1, 0.15) is 11.0 Å². The van der Waals surface area contributed by atoms with Crippen molar-refractivity contribution in [3.8, 4) is 0 Å². The highest BCUT2D eigenvalue weighted by molar-refractivity contribution is 7.85. The zero-order chi connectivity index (χ0) is 13.2. The summed E-state index contributed by atoms with van der Waals surface area (Å²) in [5, 5.41) is 2.20. The second-order valence-corrected chi connectivity index (χ2v) is 6.99. The van der Waals surface area contributed by atoms with Crippen molar-refractivity contribution in [3.05, 3.63) is 42.2 Å². The summed E-state index contributed by atoms with van der Waals surface area (Å²) < 4.78 is 15.5. The van der Waals surface area contributed by atoms with Gasteiger partial charge in [-0.05, 0) is 32.2 Å². The third kappa shape index (κ3) is 3.01. The van der Waals surface area contributed by atoms with Crippen LogP contribution in [0.25, 0.3) is 10.8 Å². The van der Waals surface area contributed by atoms with Gasteiger partial charge in [0.05, 0.1) is 16.7 Å². The van der Waals surface area contributed by atoms with Gasteiger partial charge < -0.3 is 0 Å². The number of hydrogen-bond donors (Lipinski definition) is 0. The molecule has 0 bridgehead atoms. The smallest absolute Gasteiger partial charge is 0.144 e.